The second kappa shape index (κ2) is 8.79. The van der Waals surface area contributed by atoms with E-state index in [1.807, 2.05) is 43.5 Å². The largest absolute Gasteiger partial charge is 0.493 e. The smallest absolute Gasteiger partial charge is 0.206 e. The van der Waals surface area contributed by atoms with E-state index in [4.69, 9.17) is 18.6 Å². The Morgan fingerprint density at radius 3 is 2.36 bits per heavy atom. The Balaban J connectivity index is 2.15. The van der Waals surface area contributed by atoms with Gasteiger partial charge in [0.05, 0.1) is 33.2 Å². The molecule has 148 valence electrons. The highest BCUT2D eigenvalue weighted by molar-refractivity contribution is 7.07. The maximum Gasteiger partial charge on any atom is 0.206 e. The van der Waals surface area contributed by atoms with Crippen LogP contribution in [0.3, 0.4) is 0 Å². The van der Waals surface area contributed by atoms with E-state index in [2.05, 4.69) is 10.1 Å². The van der Waals surface area contributed by atoms with Crippen LogP contribution in [0.1, 0.15) is 18.4 Å². The molecule has 28 heavy (non-hydrogen) atoms. The predicted molar refractivity (Wildman–Crippen MR) is 110 cm³/mol. The minimum absolute atomic E-state index is 0.545. The molecule has 1 aromatic carbocycles. The van der Waals surface area contributed by atoms with E-state index in [0.29, 0.717) is 29.6 Å². The Kier molecular flexibility index (Phi) is 6.20. The summed E-state index contributed by atoms with van der Waals surface area (Å²) in [5.74, 6) is 3.21. The van der Waals surface area contributed by atoms with Crippen molar-refractivity contribution < 1.29 is 18.6 Å². The van der Waals surface area contributed by atoms with Gasteiger partial charge in [0.15, 0.2) is 11.5 Å². The van der Waals surface area contributed by atoms with Crippen LogP contribution in [0.5, 0.6) is 17.2 Å². The van der Waals surface area contributed by atoms with Crippen LogP contribution < -0.4 is 19.0 Å². The van der Waals surface area contributed by atoms with Gasteiger partial charge in [-0.3, -0.25) is 4.99 Å². The summed E-state index contributed by atoms with van der Waals surface area (Å²) in [6.07, 6.45) is 1.68. The van der Waals surface area contributed by atoms with Gasteiger partial charge in [0.25, 0.3) is 0 Å². The molecular formula is C20H23N3O4S. The van der Waals surface area contributed by atoms with Crippen molar-refractivity contribution in [1.82, 2.24) is 4.68 Å². The number of benzene rings is 1. The summed E-state index contributed by atoms with van der Waals surface area (Å²) in [6, 6.07) is 7.56. The molecule has 0 atom stereocenters. The molecular weight excluding hydrogens is 378 g/mol. The highest BCUT2D eigenvalue weighted by Crippen LogP contribution is 2.41. The first-order valence-corrected chi connectivity index (χ1v) is 9.61. The molecule has 0 saturated heterocycles. The van der Waals surface area contributed by atoms with Crippen LogP contribution in [-0.2, 0) is 0 Å². The number of aromatic nitrogens is 1. The summed E-state index contributed by atoms with van der Waals surface area (Å²) < 4.78 is 23.7. The average molecular weight is 401 g/mol. The molecule has 0 aliphatic carbocycles. The van der Waals surface area contributed by atoms with Crippen molar-refractivity contribution >= 4 is 17.6 Å². The van der Waals surface area contributed by atoms with Crippen LogP contribution in [0.4, 0.5) is 0 Å². The first-order chi connectivity index (χ1) is 13.6. The third-order valence-electron chi connectivity index (χ3n) is 4.00. The summed E-state index contributed by atoms with van der Waals surface area (Å²) in [5.41, 5.74) is 1.73. The Morgan fingerprint density at radius 2 is 1.82 bits per heavy atom. The van der Waals surface area contributed by atoms with Crippen LogP contribution >= 0.6 is 11.3 Å². The molecule has 0 radical (unpaired) electrons. The third-order valence-corrected chi connectivity index (χ3v) is 4.85. The average Bonchev–Trinajstić information content (AvgIpc) is 3.31. The number of rotatable bonds is 7. The van der Waals surface area contributed by atoms with Gasteiger partial charge in [-0.25, -0.2) is 4.68 Å². The van der Waals surface area contributed by atoms with Crippen molar-refractivity contribution in [2.75, 3.05) is 27.9 Å². The molecule has 8 heteroatoms. The first kappa shape index (κ1) is 19.8. The monoisotopic (exact) mass is 401 g/mol. The predicted octanol–water partition coefficient (Wildman–Crippen LogP) is 3.95. The fourth-order valence-electron chi connectivity index (χ4n) is 2.72. The second-order valence-corrected chi connectivity index (χ2v) is 6.63. The van der Waals surface area contributed by atoms with Crippen LogP contribution in [-0.4, -0.2) is 38.8 Å². The molecule has 0 aliphatic rings. The molecule has 0 saturated carbocycles. The lowest BCUT2D eigenvalue weighted by molar-refractivity contribution is 0.324. The van der Waals surface area contributed by atoms with E-state index in [-0.39, 0.29) is 0 Å². The summed E-state index contributed by atoms with van der Waals surface area (Å²) in [6.45, 7) is 4.54. The van der Waals surface area contributed by atoms with Crippen LogP contribution in [0.15, 0.2) is 44.2 Å². The molecule has 0 fully saturated rings. The van der Waals surface area contributed by atoms with Crippen LogP contribution in [0.25, 0.3) is 11.3 Å². The maximum absolute atomic E-state index is 5.58. The van der Waals surface area contributed by atoms with E-state index in [1.165, 1.54) is 11.3 Å². The number of ether oxygens (including phenoxy) is 3. The molecule has 3 aromatic rings. The van der Waals surface area contributed by atoms with Gasteiger partial charge in [0.2, 0.25) is 10.6 Å². The number of aryl methyl sites for hydroxylation is 1. The lowest BCUT2D eigenvalue weighted by Gasteiger charge is -2.14. The molecule has 7 nitrogen and oxygen atoms in total. The first-order valence-electron chi connectivity index (χ1n) is 8.73. The van der Waals surface area contributed by atoms with E-state index in [0.717, 1.165) is 21.8 Å². The number of hydrogen-bond donors (Lipinski definition) is 0. The Hall–Kier alpha value is -3.00. The van der Waals surface area contributed by atoms with E-state index >= 15 is 0 Å². The lowest BCUT2D eigenvalue weighted by Crippen LogP contribution is -2.12. The molecule has 0 amide bonds. The van der Waals surface area contributed by atoms with Gasteiger partial charge in [-0.1, -0.05) is 0 Å². The molecule has 2 aromatic heterocycles. The van der Waals surface area contributed by atoms with Gasteiger partial charge in [-0.05, 0) is 38.1 Å². The second-order valence-electron chi connectivity index (χ2n) is 5.80. The summed E-state index contributed by atoms with van der Waals surface area (Å²) in [7, 11) is 4.77. The molecule has 2 heterocycles. The van der Waals surface area contributed by atoms with E-state index in [9.17, 15) is 0 Å². The van der Waals surface area contributed by atoms with Crippen LogP contribution in [0.2, 0.25) is 0 Å². The zero-order valence-corrected chi connectivity index (χ0v) is 17.4. The van der Waals surface area contributed by atoms with Gasteiger partial charge in [-0.15, -0.1) is 11.3 Å². The molecule has 0 unspecified atom stereocenters. The quantitative estimate of drug-likeness (QED) is 0.562. The molecule has 0 aliphatic heterocycles. The van der Waals surface area contributed by atoms with Crippen molar-refractivity contribution in [2.24, 2.45) is 10.1 Å². The molecule has 3 rings (SSSR count). The van der Waals surface area contributed by atoms with Crippen molar-refractivity contribution in [3.05, 3.63) is 46.0 Å². The van der Waals surface area contributed by atoms with Gasteiger partial charge < -0.3 is 18.6 Å². The third kappa shape index (κ3) is 3.96. The summed E-state index contributed by atoms with van der Waals surface area (Å²) >= 11 is 1.51. The number of methoxy groups -OCH3 is 3. The topological polar surface area (TPSA) is 70.5 Å². The zero-order valence-electron chi connectivity index (χ0n) is 16.6. The van der Waals surface area contributed by atoms with Gasteiger partial charge in [0, 0.05) is 17.5 Å². The minimum atomic E-state index is 0.545. The Morgan fingerprint density at radius 1 is 1.11 bits per heavy atom. The number of nitrogens with zero attached hydrogens (tertiary/aromatic N) is 3. The van der Waals surface area contributed by atoms with Crippen LogP contribution in [0, 0.1) is 6.92 Å². The minimum Gasteiger partial charge on any atom is -0.493 e. The van der Waals surface area contributed by atoms with Crippen molar-refractivity contribution in [1.29, 1.82) is 0 Å². The normalized spacial score (nSPS) is 12.0. The summed E-state index contributed by atoms with van der Waals surface area (Å²) in [4.78, 5) is 5.32. The number of thiazole rings is 1. The van der Waals surface area contributed by atoms with E-state index in [1.54, 1.807) is 32.2 Å². The Bertz CT molecular complexity index is 1020. The Labute approximate surface area is 167 Å². The SMILES string of the molecule is CCN=c1scc(-c2cc(OC)c(OC)c(OC)c2)n1N=Cc1ccc(C)o1. The highest BCUT2D eigenvalue weighted by atomic mass is 32.1. The fraction of sp³-hybridized carbons (Fsp3) is 0.300. The lowest BCUT2D eigenvalue weighted by atomic mass is 10.1. The molecule has 0 N–H and O–H groups in total. The van der Waals surface area contributed by atoms with Crippen molar-refractivity contribution in [3.63, 3.8) is 0 Å². The molecule has 0 spiro atoms. The fourth-order valence-corrected chi connectivity index (χ4v) is 3.62. The van der Waals surface area contributed by atoms with Gasteiger partial charge >= 0.3 is 0 Å². The van der Waals surface area contributed by atoms with Gasteiger partial charge in [-0.2, -0.15) is 5.10 Å². The van der Waals surface area contributed by atoms with Crippen molar-refractivity contribution in [3.8, 4) is 28.5 Å². The maximum atomic E-state index is 5.58. The molecule has 0 bridgehead atoms. The standard InChI is InChI=1S/C20H23N3O4S/c1-6-21-20-23(22-11-15-8-7-13(2)27-15)16(12-28-20)14-9-17(24-3)19(26-5)18(10-14)25-4/h7-12H,6H2,1-5H3. The number of furan rings is 1. The van der Waals surface area contributed by atoms with E-state index < -0.39 is 0 Å². The van der Waals surface area contributed by atoms with Gasteiger partial charge in [0.1, 0.15) is 11.5 Å². The summed E-state index contributed by atoms with van der Waals surface area (Å²) in [5, 5.41) is 6.60. The number of hydrogen-bond acceptors (Lipinski definition) is 7. The van der Waals surface area contributed by atoms with Crippen molar-refractivity contribution in [2.45, 2.75) is 13.8 Å². The zero-order chi connectivity index (χ0) is 20.1. The highest BCUT2D eigenvalue weighted by Gasteiger charge is 2.17.